The number of nitrogens with two attached hydrogens (primary N) is 1. The van der Waals surface area contributed by atoms with Crippen LogP contribution in [0.3, 0.4) is 0 Å². The first-order valence-electron chi connectivity index (χ1n) is 6.12. The van der Waals surface area contributed by atoms with Gasteiger partial charge in [-0.15, -0.1) is 0 Å². The molecular weight excluding hydrogens is 226 g/mol. The molecule has 0 aliphatic carbocycles. The lowest BCUT2D eigenvalue weighted by atomic mass is 10.1. The molecule has 0 heterocycles. The van der Waals surface area contributed by atoms with Crippen molar-refractivity contribution >= 4 is 0 Å². The second kappa shape index (κ2) is 7.75. The summed E-state index contributed by atoms with van der Waals surface area (Å²) in [6.45, 7) is 5.11. The second-order valence-corrected chi connectivity index (χ2v) is 4.22. The molecule has 0 aromatic heterocycles. The smallest absolute Gasteiger partial charge is 0.135 e. The van der Waals surface area contributed by atoms with Crippen LogP contribution in [0.15, 0.2) is 18.2 Å². The molecular formula is C15H21NO2. The first kappa shape index (κ1) is 14.6. The third-order valence-corrected chi connectivity index (χ3v) is 2.52. The van der Waals surface area contributed by atoms with Crippen molar-refractivity contribution in [3.63, 3.8) is 0 Å². The maximum absolute atomic E-state index is 5.88. The average molecular weight is 247 g/mol. The lowest BCUT2D eigenvalue weighted by Gasteiger charge is -2.15. The molecule has 1 aromatic carbocycles. The molecule has 0 aliphatic rings. The van der Waals surface area contributed by atoms with Crippen molar-refractivity contribution in [2.24, 2.45) is 5.73 Å². The van der Waals surface area contributed by atoms with Crippen LogP contribution >= 0.6 is 0 Å². The molecule has 0 aliphatic heterocycles. The van der Waals surface area contributed by atoms with Crippen molar-refractivity contribution in [2.45, 2.75) is 26.4 Å². The highest BCUT2D eigenvalue weighted by Crippen LogP contribution is 2.21. The fraction of sp³-hybridized carbons (Fsp3) is 0.467. The first-order valence-corrected chi connectivity index (χ1v) is 6.12. The summed E-state index contributed by atoms with van der Waals surface area (Å²) >= 11 is 0. The predicted octanol–water partition coefficient (Wildman–Crippen LogP) is 2.11. The van der Waals surface area contributed by atoms with E-state index in [-0.39, 0.29) is 6.10 Å². The zero-order chi connectivity index (χ0) is 13.4. The minimum absolute atomic E-state index is 0.103. The predicted molar refractivity (Wildman–Crippen MR) is 73.7 cm³/mol. The second-order valence-electron chi connectivity index (χ2n) is 4.22. The highest BCUT2D eigenvalue weighted by Gasteiger charge is 2.07. The van der Waals surface area contributed by atoms with E-state index in [0.717, 1.165) is 23.3 Å². The Morgan fingerprint density at radius 2 is 2.17 bits per heavy atom. The van der Waals surface area contributed by atoms with Crippen LogP contribution in [-0.4, -0.2) is 26.4 Å². The fourth-order valence-electron chi connectivity index (χ4n) is 1.55. The van der Waals surface area contributed by atoms with Crippen LogP contribution in [-0.2, 0) is 4.74 Å². The maximum atomic E-state index is 5.88. The zero-order valence-corrected chi connectivity index (χ0v) is 11.3. The first-order chi connectivity index (χ1) is 8.67. The molecule has 2 N–H and O–H groups in total. The summed E-state index contributed by atoms with van der Waals surface area (Å²) in [4.78, 5) is 0. The highest BCUT2D eigenvalue weighted by atomic mass is 16.5. The van der Waals surface area contributed by atoms with Gasteiger partial charge in [0, 0.05) is 20.1 Å². The van der Waals surface area contributed by atoms with Crippen LogP contribution in [0.4, 0.5) is 0 Å². The van der Waals surface area contributed by atoms with Gasteiger partial charge in [0.15, 0.2) is 0 Å². The van der Waals surface area contributed by atoms with Crippen LogP contribution in [0.5, 0.6) is 5.75 Å². The van der Waals surface area contributed by atoms with Gasteiger partial charge in [0.1, 0.15) is 5.75 Å². The van der Waals surface area contributed by atoms with Gasteiger partial charge in [-0.1, -0.05) is 17.9 Å². The number of hydrogen-bond acceptors (Lipinski definition) is 3. The molecule has 0 spiro atoms. The van der Waals surface area contributed by atoms with Crippen LogP contribution in [0.25, 0.3) is 0 Å². The summed E-state index contributed by atoms with van der Waals surface area (Å²) in [7, 11) is 1.69. The number of methoxy groups -OCH3 is 1. The van der Waals surface area contributed by atoms with Gasteiger partial charge >= 0.3 is 0 Å². The number of rotatable bonds is 5. The van der Waals surface area contributed by atoms with E-state index in [9.17, 15) is 0 Å². The minimum Gasteiger partial charge on any atom is -0.489 e. The van der Waals surface area contributed by atoms with Crippen LogP contribution in [0.2, 0.25) is 0 Å². The summed E-state index contributed by atoms with van der Waals surface area (Å²) in [6, 6.07) is 5.99. The SMILES string of the molecule is COCCC(C)Oc1ccc(C)cc1C#CCN. The standard InChI is InChI=1S/C15H21NO2/c1-12-6-7-15(14(11-12)5-4-9-16)18-13(2)8-10-17-3/h6-7,11,13H,8-10,16H2,1-3H3. The molecule has 0 amide bonds. The normalized spacial score (nSPS) is 11.6. The van der Waals surface area contributed by atoms with Crippen molar-refractivity contribution in [3.05, 3.63) is 29.3 Å². The largest absolute Gasteiger partial charge is 0.489 e. The van der Waals surface area contributed by atoms with Crippen molar-refractivity contribution in [2.75, 3.05) is 20.3 Å². The van der Waals surface area contributed by atoms with Gasteiger partial charge < -0.3 is 15.2 Å². The maximum Gasteiger partial charge on any atom is 0.135 e. The average Bonchev–Trinajstić information content (AvgIpc) is 2.36. The molecule has 18 heavy (non-hydrogen) atoms. The van der Waals surface area contributed by atoms with Gasteiger partial charge in [0.25, 0.3) is 0 Å². The molecule has 1 rings (SSSR count). The van der Waals surface area contributed by atoms with Crippen molar-refractivity contribution in [1.82, 2.24) is 0 Å². The van der Waals surface area contributed by atoms with E-state index in [0.29, 0.717) is 13.2 Å². The molecule has 3 nitrogen and oxygen atoms in total. The summed E-state index contributed by atoms with van der Waals surface area (Å²) < 4.78 is 10.9. The van der Waals surface area contributed by atoms with Crippen molar-refractivity contribution < 1.29 is 9.47 Å². The molecule has 0 radical (unpaired) electrons. The topological polar surface area (TPSA) is 44.5 Å². The number of hydrogen-bond donors (Lipinski definition) is 1. The summed E-state index contributed by atoms with van der Waals surface area (Å²) in [5.41, 5.74) is 7.45. The Bertz CT molecular complexity index is 432. The van der Waals surface area contributed by atoms with E-state index >= 15 is 0 Å². The Hall–Kier alpha value is -1.50. The summed E-state index contributed by atoms with van der Waals surface area (Å²) in [5, 5.41) is 0. The van der Waals surface area contributed by atoms with Crippen LogP contribution < -0.4 is 10.5 Å². The van der Waals surface area contributed by atoms with E-state index in [1.54, 1.807) is 7.11 Å². The van der Waals surface area contributed by atoms with E-state index in [4.69, 9.17) is 15.2 Å². The molecule has 0 bridgehead atoms. The number of aryl methyl sites for hydroxylation is 1. The molecule has 1 atom stereocenters. The summed E-state index contributed by atoms with van der Waals surface area (Å²) in [5.74, 6) is 6.72. The third-order valence-electron chi connectivity index (χ3n) is 2.52. The van der Waals surface area contributed by atoms with Crippen LogP contribution in [0, 0.1) is 18.8 Å². The molecule has 3 heteroatoms. The Morgan fingerprint density at radius 3 is 2.83 bits per heavy atom. The minimum atomic E-state index is 0.103. The monoisotopic (exact) mass is 247 g/mol. The zero-order valence-electron chi connectivity index (χ0n) is 11.3. The Balaban J connectivity index is 2.80. The lowest BCUT2D eigenvalue weighted by molar-refractivity contribution is 0.135. The van der Waals surface area contributed by atoms with E-state index in [2.05, 4.69) is 11.8 Å². The van der Waals surface area contributed by atoms with Crippen molar-refractivity contribution in [1.29, 1.82) is 0 Å². The number of ether oxygens (including phenoxy) is 2. The Kier molecular flexibility index (Phi) is 6.27. The van der Waals surface area contributed by atoms with E-state index < -0.39 is 0 Å². The van der Waals surface area contributed by atoms with Gasteiger partial charge in [0.2, 0.25) is 0 Å². The van der Waals surface area contributed by atoms with Gasteiger partial charge in [-0.2, -0.15) is 0 Å². The molecule has 98 valence electrons. The van der Waals surface area contributed by atoms with E-state index in [1.807, 2.05) is 32.0 Å². The van der Waals surface area contributed by atoms with Gasteiger partial charge in [-0.25, -0.2) is 0 Å². The highest BCUT2D eigenvalue weighted by molar-refractivity contribution is 5.48. The summed E-state index contributed by atoms with van der Waals surface area (Å²) in [6.07, 6.45) is 0.958. The molecule has 1 unspecified atom stereocenters. The van der Waals surface area contributed by atoms with E-state index in [1.165, 1.54) is 0 Å². The third kappa shape index (κ3) is 4.79. The molecule has 0 fully saturated rings. The quantitative estimate of drug-likeness (QED) is 0.810. The number of benzene rings is 1. The Labute approximate surface area is 109 Å². The Morgan fingerprint density at radius 1 is 1.39 bits per heavy atom. The lowest BCUT2D eigenvalue weighted by Crippen LogP contribution is -2.14. The van der Waals surface area contributed by atoms with Gasteiger partial charge in [0.05, 0.1) is 18.2 Å². The molecule has 0 saturated heterocycles. The fourth-order valence-corrected chi connectivity index (χ4v) is 1.55. The van der Waals surface area contributed by atoms with Gasteiger partial charge in [-0.3, -0.25) is 0 Å². The van der Waals surface area contributed by atoms with Gasteiger partial charge in [-0.05, 0) is 31.5 Å². The molecule has 0 saturated carbocycles. The van der Waals surface area contributed by atoms with Crippen LogP contribution in [0.1, 0.15) is 24.5 Å². The van der Waals surface area contributed by atoms with Crippen molar-refractivity contribution in [3.8, 4) is 17.6 Å². The molecule has 1 aromatic rings.